The fourth-order valence-corrected chi connectivity index (χ4v) is 1.28. The fraction of sp³-hybridized carbons (Fsp3) is 0.364. The van der Waals surface area contributed by atoms with Gasteiger partial charge in [-0.2, -0.15) is 13.2 Å². The van der Waals surface area contributed by atoms with Crippen LogP contribution < -0.4 is 10.5 Å². The zero-order valence-corrected chi connectivity index (χ0v) is 9.83. The number of halogens is 4. The van der Waals surface area contributed by atoms with Crippen LogP contribution in [0.2, 0.25) is 0 Å². The Kier molecular flexibility index (Phi) is 4.71. The van der Waals surface area contributed by atoms with E-state index in [0.717, 1.165) is 13.2 Å². The maximum Gasteiger partial charge on any atom is 0.419 e. The van der Waals surface area contributed by atoms with Crippen LogP contribution in [0.4, 0.5) is 17.6 Å². The highest BCUT2D eigenvalue weighted by molar-refractivity contribution is 5.75. The van der Waals surface area contributed by atoms with E-state index < -0.39 is 29.6 Å². The summed E-state index contributed by atoms with van der Waals surface area (Å²) in [6.45, 7) is -0.286. The van der Waals surface area contributed by atoms with E-state index in [0.29, 0.717) is 12.1 Å². The van der Waals surface area contributed by atoms with Crippen molar-refractivity contribution in [2.24, 2.45) is 5.73 Å². The second-order valence-electron chi connectivity index (χ2n) is 3.50. The zero-order chi connectivity index (χ0) is 14.6. The molecule has 106 valence electrons. The van der Waals surface area contributed by atoms with Gasteiger partial charge < -0.3 is 15.2 Å². The zero-order valence-electron chi connectivity index (χ0n) is 9.83. The van der Waals surface area contributed by atoms with Crippen LogP contribution in [0.15, 0.2) is 18.2 Å². The Hall–Kier alpha value is -1.83. The lowest BCUT2D eigenvalue weighted by Crippen LogP contribution is -2.36. The van der Waals surface area contributed by atoms with Crippen molar-refractivity contribution in [3.8, 4) is 5.75 Å². The molecule has 2 N–H and O–H groups in total. The molecular formula is C11H11F4NO3. The number of carbonyl (C=O) groups excluding carboxylic acids is 1. The number of carbonyl (C=O) groups is 1. The third-order valence-corrected chi connectivity index (χ3v) is 2.20. The summed E-state index contributed by atoms with van der Waals surface area (Å²) in [5.41, 5.74) is 3.75. The normalized spacial score (nSPS) is 12.9. The van der Waals surface area contributed by atoms with Crippen LogP contribution in [0, 0.1) is 5.82 Å². The largest absolute Gasteiger partial charge is 0.477 e. The summed E-state index contributed by atoms with van der Waals surface area (Å²) in [6, 6.07) is 2.03. The molecule has 19 heavy (non-hydrogen) atoms. The highest BCUT2D eigenvalue weighted by atomic mass is 19.4. The van der Waals surface area contributed by atoms with Crippen LogP contribution in [0.1, 0.15) is 5.56 Å². The third kappa shape index (κ3) is 3.82. The number of benzene rings is 1. The fourth-order valence-electron chi connectivity index (χ4n) is 1.28. The molecule has 1 aromatic rings. The van der Waals surface area contributed by atoms with E-state index in [4.69, 9.17) is 10.5 Å². The minimum atomic E-state index is -4.85. The Morgan fingerprint density at radius 1 is 1.42 bits per heavy atom. The minimum Gasteiger partial charge on any atom is -0.477 e. The first-order valence-electron chi connectivity index (χ1n) is 5.11. The first-order valence-corrected chi connectivity index (χ1v) is 5.11. The summed E-state index contributed by atoms with van der Waals surface area (Å²) in [5, 5.41) is 0. The first-order chi connectivity index (χ1) is 8.79. The molecule has 0 spiro atoms. The van der Waals surface area contributed by atoms with Gasteiger partial charge in [0.15, 0.2) is 0 Å². The number of methoxy groups -OCH3 is 1. The van der Waals surface area contributed by atoms with Gasteiger partial charge in [-0.25, -0.2) is 9.18 Å². The molecule has 0 aromatic heterocycles. The molecule has 0 heterocycles. The number of esters is 1. The molecule has 0 saturated heterocycles. The number of rotatable bonds is 4. The van der Waals surface area contributed by atoms with Crippen LogP contribution in [-0.2, 0) is 15.7 Å². The van der Waals surface area contributed by atoms with E-state index in [1.165, 1.54) is 0 Å². The summed E-state index contributed by atoms with van der Waals surface area (Å²) in [7, 11) is 1.08. The summed E-state index contributed by atoms with van der Waals surface area (Å²) in [4.78, 5) is 11.2. The third-order valence-electron chi connectivity index (χ3n) is 2.20. The maximum atomic E-state index is 13.0. The summed E-state index contributed by atoms with van der Waals surface area (Å²) in [6.07, 6.45) is -6.11. The van der Waals surface area contributed by atoms with Crippen molar-refractivity contribution >= 4 is 5.97 Å². The molecule has 0 bridgehead atoms. The van der Waals surface area contributed by atoms with Crippen LogP contribution in [0.5, 0.6) is 5.75 Å². The number of alkyl halides is 3. The summed E-state index contributed by atoms with van der Waals surface area (Å²) >= 11 is 0. The van der Waals surface area contributed by atoms with E-state index in [1.54, 1.807) is 0 Å². The Morgan fingerprint density at radius 3 is 2.53 bits per heavy atom. The van der Waals surface area contributed by atoms with Gasteiger partial charge in [-0.15, -0.1) is 0 Å². The average molecular weight is 281 g/mol. The molecular weight excluding hydrogens is 270 g/mol. The van der Waals surface area contributed by atoms with Gasteiger partial charge in [-0.3, -0.25) is 0 Å². The monoisotopic (exact) mass is 281 g/mol. The van der Waals surface area contributed by atoms with E-state index in [-0.39, 0.29) is 12.3 Å². The average Bonchev–Trinajstić information content (AvgIpc) is 2.35. The van der Waals surface area contributed by atoms with Gasteiger partial charge in [-0.05, 0) is 18.2 Å². The topological polar surface area (TPSA) is 61.5 Å². The molecule has 1 rings (SSSR count). The van der Waals surface area contributed by atoms with Crippen LogP contribution >= 0.6 is 0 Å². The molecule has 0 amide bonds. The highest BCUT2D eigenvalue weighted by Gasteiger charge is 2.34. The first kappa shape index (κ1) is 15.2. The van der Waals surface area contributed by atoms with Gasteiger partial charge in [0, 0.05) is 6.54 Å². The van der Waals surface area contributed by atoms with Crippen LogP contribution in [0.25, 0.3) is 0 Å². The molecule has 1 unspecified atom stereocenters. The maximum absolute atomic E-state index is 13.0. The van der Waals surface area contributed by atoms with Crippen molar-refractivity contribution in [1.82, 2.24) is 0 Å². The Balaban J connectivity index is 3.00. The van der Waals surface area contributed by atoms with Crippen molar-refractivity contribution in [2.75, 3.05) is 13.7 Å². The van der Waals surface area contributed by atoms with Crippen LogP contribution in [0.3, 0.4) is 0 Å². The highest BCUT2D eigenvalue weighted by Crippen LogP contribution is 2.33. The number of hydrogen-bond acceptors (Lipinski definition) is 4. The lowest BCUT2D eigenvalue weighted by Gasteiger charge is -2.16. The lowest BCUT2D eigenvalue weighted by molar-refractivity contribution is -0.148. The molecule has 0 radical (unpaired) electrons. The van der Waals surface area contributed by atoms with Crippen LogP contribution in [-0.4, -0.2) is 25.7 Å². The number of nitrogens with two attached hydrogens (primary N) is 1. The second kappa shape index (κ2) is 5.87. The minimum absolute atomic E-state index is 0.286. The Morgan fingerprint density at radius 2 is 2.05 bits per heavy atom. The van der Waals surface area contributed by atoms with Crippen molar-refractivity contribution < 1.29 is 31.8 Å². The quantitative estimate of drug-likeness (QED) is 0.674. The molecule has 8 heteroatoms. The van der Waals surface area contributed by atoms with E-state index in [9.17, 15) is 22.4 Å². The number of ether oxygens (including phenoxy) is 2. The second-order valence-corrected chi connectivity index (χ2v) is 3.50. The predicted octanol–water partition coefficient (Wildman–Crippen LogP) is 1.72. The standard InChI is InChI=1S/C11H11F4NO3/c1-18-10(17)9(5-16)19-6-2-3-8(12)7(4-6)11(13,14)15/h2-4,9H,5,16H2,1H3. The lowest BCUT2D eigenvalue weighted by atomic mass is 10.2. The summed E-state index contributed by atoms with van der Waals surface area (Å²) in [5.74, 6) is -2.59. The molecule has 1 aromatic carbocycles. The molecule has 0 saturated carbocycles. The SMILES string of the molecule is COC(=O)C(CN)Oc1ccc(F)c(C(F)(F)F)c1. The summed E-state index contributed by atoms with van der Waals surface area (Å²) < 4.78 is 59.7. The van der Waals surface area contributed by atoms with Gasteiger partial charge in [0.2, 0.25) is 6.10 Å². The predicted molar refractivity (Wildman–Crippen MR) is 56.9 cm³/mol. The van der Waals surface area contributed by atoms with E-state index in [1.807, 2.05) is 0 Å². The van der Waals surface area contributed by atoms with Gasteiger partial charge in [0.25, 0.3) is 0 Å². The molecule has 0 aliphatic heterocycles. The van der Waals surface area contributed by atoms with E-state index >= 15 is 0 Å². The molecule has 1 atom stereocenters. The van der Waals surface area contributed by atoms with E-state index in [2.05, 4.69) is 4.74 Å². The van der Waals surface area contributed by atoms with Gasteiger partial charge in [0.05, 0.1) is 12.7 Å². The Labute approximate surface area is 106 Å². The van der Waals surface area contributed by atoms with Crippen molar-refractivity contribution in [1.29, 1.82) is 0 Å². The molecule has 0 fully saturated rings. The van der Waals surface area contributed by atoms with Gasteiger partial charge >= 0.3 is 12.1 Å². The number of hydrogen-bond donors (Lipinski definition) is 1. The van der Waals surface area contributed by atoms with Crippen molar-refractivity contribution in [2.45, 2.75) is 12.3 Å². The molecule has 0 aliphatic carbocycles. The van der Waals surface area contributed by atoms with Crippen molar-refractivity contribution in [3.63, 3.8) is 0 Å². The molecule has 4 nitrogen and oxygen atoms in total. The van der Waals surface area contributed by atoms with Crippen molar-refractivity contribution in [3.05, 3.63) is 29.6 Å². The Bertz CT molecular complexity index is 462. The van der Waals surface area contributed by atoms with Gasteiger partial charge in [0.1, 0.15) is 11.6 Å². The van der Waals surface area contributed by atoms with Gasteiger partial charge in [-0.1, -0.05) is 0 Å². The smallest absolute Gasteiger partial charge is 0.419 e. The molecule has 0 aliphatic rings.